The molecule has 2 rings (SSSR count). The van der Waals surface area contributed by atoms with Gasteiger partial charge in [-0.15, -0.1) is 0 Å². The molecule has 1 aromatic rings. The van der Waals surface area contributed by atoms with Gasteiger partial charge in [0.2, 0.25) is 0 Å². The second kappa shape index (κ2) is 4.44. The monoisotopic (exact) mass is 224 g/mol. The Labute approximate surface area is 91.9 Å². The number of carboxylic acids is 1. The maximum absolute atomic E-state index is 10.3. The van der Waals surface area contributed by atoms with Crippen LogP contribution in [0.1, 0.15) is 17.7 Å². The lowest BCUT2D eigenvalue weighted by Crippen LogP contribution is -2.16. The molecular formula is C10H12N2O2S. The van der Waals surface area contributed by atoms with Gasteiger partial charge in [-0.2, -0.15) is 0 Å². The smallest absolute Gasteiger partial charge is 0.328 e. The summed E-state index contributed by atoms with van der Waals surface area (Å²) in [5, 5.41) is 9.48. The van der Waals surface area contributed by atoms with Crippen LogP contribution in [0, 0.1) is 0 Å². The van der Waals surface area contributed by atoms with Crippen LogP contribution in [0.5, 0.6) is 0 Å². The zero-order chi connectivity index (χ0) is 10.7. The third kappa shape index (κ3) is 2.56. The summed E-state index contributed by atoms with van der Waals surface area (Å²) in [6.07, 6.45) is 6.89. The number of thiazole rings is 1. The summed E-state index contributed by atoms with van der Waals surface area (Å²) in [6, 6.07) is 0. The van der Waals surface area contributed by atoms with E-state index >= 15 is 0 Å². The Balaban J connectivity index is 2.06. The summed E-state index contributed by atoms with van der Waals surface area (Å²) in [5.74, 6) is -0.925. The summed E-state index contributed by atoms with van der Waals surface area (Å²) in [6.45, 7) is 2.13. The van der Waals surface area contributed by atoms with E-state index in [1.54, 1.807) is 12.3 Å². The maximum atomic E-state index is 10.3. The molecule has 1 aliphatic heterocycles. The fourth-order valence-electron chi connectivity index (χ4n) is 1.56. The largest absolute Gasteiger partial charge is 0.478 e. The second-order valence-corrected chi connectivity index (χ2v) is 4.45. The van der Waals surface area contributed by atoms with E-state index in [2.05, 4.69) is 9.88 Å². The highest BCUT2D eigenvalue weighted by atomic mass is 32.1. The van der Waals surface area contributed by atoms with Crippen molar-refractivity contribution in [3.63, 3.8) is 0 Å². The van der Waals surface area contributed by atoms with Crippen LogP contribution in [-0.4, -0.2) is 29.1 Å². The topological polar surface area (TPSA) is 53.4 Å². The third-order valence-corrected chi connectivity index (χ3v) is 3.30. The molecule has 1 saturated heterocycles. The van der Waals surface area contributed by atoms with E-state index < -0.39 is 5.97 Å². The highest BCUT2D eigenvalue weighted by Crippen LogP contribution is 2.26. The van der Waals surface area contributed by atoms with Gasteiger partial charge in [-0.1, -0.05) is 11.3 Å². The van der Waals surface area contributed by atoms with Crippen LogP contribution >= 0.6 is 11.3 Å². The molecule has 5 heteroatoms. The fourth-order valence-corrected chi connectivity index (χ4v) is 2.43. The molecule has 0 saturated carbocycles. The Morgan fingerprint density at radius 1 is 1.53 bits per heavy atom. The zero-order valence-electron chi connectivity index (χ0n) is 8.22. The first-order valence-electron chi connectivity index (χ1n) is 4.87. The van der Waals surface area contributed by atoms with Crippen molar-refractivity contribution >= 4 is 28.5 Å². The number of carbonyl (C=O) groups is 1. The summed E-state index contributed by atoms with van der Waals surface area (Å²) < 4.78 is 0. The summed E-state index contributed by atoms with van der Waals surface area (Å²) in [7, 11) is 0. The number of nitrogens with zero attached hydrogens (tertiary/aromatic N) is 2. The van der Waals surface area contributed by atoms with E-state index in [1.165, 1.54) is 24.2 Å². The molecule has 15 heavy (non-hydrogen) atoms. The summed E-state index contributed by atoms with van der Waals surface area (Å²) in [5.41, 5.74) is 0. The van der Waals surface area contributed by atoms with Gasteiger partial charge in [0, 0.05) is 30.2 Å². The number of rotatable bonds is 3. The number of aromatic nitrogens is 1. The van der Waals surface area contributed by atoms with Crippen molar-refractivity contribution in [3.05, 3.63) is 17.2 Å². The molecule has 0 aliphatic carbocycles. The number of hydrogen-bond acceptors (Lipinski definition) is 4. The molecule has 0 bridgehead atoms. The molecule has 0 unspecified atom stereocenters. The Morgan fingerprint density at radius 3 is 2.93 bits per heavy atom. The molecule has 80 valence electrons. The normalized spacial score (nSPS) is 16.4. The minimum absolute atomic E-state index is 0.888. The van der Waals surface area contributed by atoms with Crippen molar-refractivity contribution in [1.29, 1.82) is 0 Å². The standard InChI is InChI=1S/C10H12N2O2S/c13-9(14)4-3-8-7-11-10(15-8)12-5-1-2-6-12/h3-4,7H,1-2,5-6H2,(H,13,14)/b4-3+. The SMILES string of the molecule is O=C(O)/C=C/c1cnc(N2CCCC2)s1. The Morgan fingerprint density at radius 2 is 2.27 bits per heavy atom. The van der Waals surface area contributed by atoms with Gasteiger partial charge in [0.05, 0.1) is 0 Å². The maximum Gasteiger partial charge on any atom is 0.328 e. The molecule has 0 spiro atoms. The van der Waals surface area contributed by atoms with Crippen LogP contribution < -0.4 is 4.90 Å². The van der Waals surface area contributed by atoms with E-state index in [-0.39, 0.29) is 0 Å². The fraction of sp³-hybridized carbons (Fsp3) is 0.400. The van der Waals surface area contributed by atoms with Crippen LogP contribution in [-0.2, 0) is 4.79 Å². The predicted octanol–water partition coefficient (Wildman–Crippen LogP) is 1.84. The minimum atomic E-state index is -0.925. The molecule has 4 nitrogen and oxygen atoms in total. The van der Waals surface area contributed by atoms with Gasteiger partial charge in [0.1, 0.15) is 0 Å². The van der Waals surface area contributed by atoms with Crippen LogP contribution in [0.15, 0.2) is 12.3 Å². The molecule has 1 aliphatic rings. The molecule has 2 heterocycles. The quantitative estimate of drug-likeness (QED) is 0.796. The minimum Gasteiger partial charge on any atom is -0.478 e. The Bertz CT molecular complexity index is 381. The van der Waals surface area contributed by atoms with E-state index in [0.717, 1.165) is 29.2 Å². The van der Waals surface area contributed by atoms with Gasteiger partial charge in [0.15, 0.2) is 5.13 Å². The van der Waals surface area contributed by atoms with Gasteiger partial charge >= 0.3 is 5.97 Å². The number of hydrogen-bond donors (Lipinski definition) is 1. The van der Waals surface area contributed by atoms with Crippen molar-refractivity contribution < 1.29 is 9.90 Å². The third-order valence-electron chi connectivity index (χ3n) is 2.28. The van der Waals surface area contributed by atoms with Gasteiger partial charge < -0.3 is 10.0 Å². The van der Waals surface area contributed by atoms with E-state index in [9.17, 15) is 4.79 Å². The number of aliphatic carboxylic acids is 1. The lowest BCUT2D eigenvalue weighted by Gasteiger charge is -2.11. The highest BCUT2D eigenvalue weighted by molar-refractivity contribution is 7.16. The van der Waals surface area contributed by atoms with Gasteiger partial charge in [-0.3, -0.25) is 0 Å². The Kier molecular flexibility index (Phi) is 3.01. The van der Waals surface area contributed by atoms with Crippen molar-refractivity contribution in [2.75, 3.05) is 18.0 Å². The highest BCUT2D eigenvalue weighted by Gasteiger charge is 2.14. The molecule has 1 fully saturated rings. The lowest BCUT2D eigenvalue weighted by molar-refractivity contribution is -0.131. The zero-order valence-corrected chi connectivity index (χ0v) is 9.04. The van der Waals surface area contributed by atoms with Crippen molar-refractivity contribution in [2.45, 2.75) is 12.8 Å². The summed E-state index contributed by atoms with van der Waals surface area (Å²) >= 11 is 1.54. The molecule has 0 amide bonds. The van der Waals surface area contributed by atoms with Crippen LogP contribution in [0.25, 0.3) is 6.08 Å². The van der Waals surface area contributed by atoms with Crippen molar-refractivity contribution in [3.8, 4) is 0 Å². The van der Waals surface area contributed by atoms with Gasteiger partial charge in [-0.05, 0) is 18.9 Å². The first-order chi connectivity index (χ1) is 7.25. The first-order valence-corrected chi connectivity index (χ1v) is 5.69. The number of carboxylic acid groups (broad SMARTS) is 1. The average Bonchev–Trinajstić information content (AvgIpc) is 2.85. The molecule has 0 radical (unpaired) electrons. The molecule has 1 aromatic heterocycles. The Hall–Kier alpha value is -1.36. The van der Waals surface area contributed by atoms with Crippen molar-refractivity contribution in [2.24, 2.45) is 0 Å². The summed E-state index contributed by atoms with van der Waals surface area (Å²) in [4.78, 5) is 17.7. The first kappa shape index (κ1) is 10.2. The van der Waals surface area contributed by atoms with Crippen LogP contribution in [0.2, 0.25) is 0 Å². The molecule has 0 aromatic carbocycles. The van der Waals surface area contributed by atoms with Gasteiger partial charge in [-0.25, -0.2) is 9.78 Å². The van der Waals surface area contributed by atoms with Gasteiger partial charge in [0.25, 0.3) is 0 Å². The van der Waals surface area contributed by atoms with Crippen LogP contribution in [0.4, 0.5) is 5.13 Å². The molecule has 0 atom stereocenters. The average molecular weight is 224 g/mol. The molecular weight excluding hydrogens is 212 g/mol. The number of anilines is 1. The lowest BCUT2D eigenvalue weighted by atomic mass is 10.4. The van der Waals surface area contributed by atoms with E-state index in [1.807, 2.05) is 0 Å². The van der Waals surface area contributed by atoms with Crippen LogP contribution in [0.3, 0.4) is 0 Å². The predicted molar refractivity (Wildman–Crippen MR) is 60.2 cm³/mol. The van der Waals surface area contributed by atoms with Crippen molar-refractivity contribution in [1.82, 2.24) is 4.98 Å². The van der Waals surface area contributed by atoms with E-state index in [4.69, 9.17) is 5.11 Å². The van der Waals surface area contributed by atoms with E-state index in [0.29, 0.717) is 0 Å². The molecule has 1 N–H and O–H groups in total. The second-order valence-electron chi connectivity index (χ2n) is 3.41.